The van der Waals surface area contributed by atoms with E-state index in [2.05, 4.69) is 6.58 Å². The van der Waals surface area contributed by atoms with E-state index < -0.39 is 38.3 Å². The Morgan fingerprint density at radius 3 is 1.68 bits per heavy atom. The molecule has 0 aromatic rings. The summed E-state index contributed by atoms with van der Waals surface area (Å²) in [5.41, 5.74) is -0.169. The highest BCUT2D eigenvalue weighted by molar-refractivity contribution is 6.70. The van der Waals surface area contributed by atoms with Crippen LogP contribution in [0, 0.1) is 0 Å². The molecule has 1 N–H and O–H groups in total. The fourth-order valence-electron chi connectivity index (χ4n) is 1.43. The predicted octanol–water partition coefficient (Wildman–Crippen LogP) is 2.13. The van der Waals surface area contributed by atoms with E-state index in [1.807, 2.05) is 45.8 Å². The van der Waals surface area contributed by atoms with Gasteiger partial charge in [-0.2, -0.15) is 0 Å². The first-order valence-electron chi connectivity index (χ1n) is 6.38. The Morgan fingerprint density at radius 2 is 1.47 bits per heavy atom. The van der Waals surface area contributed by atoms with Gasteiger partial charge in [-0.3, -0.25) is 0 Å². The second-order valence-corrected chi connectivity index (χ2v) is 15.0. The summed E-state index contributed by atoms with van der Waals surface area (Å²) >= 11 is 0. The molecule has 0 aliphatic carbocycles. The van der Waals surface area contributed by atoms with E-state index in [0.717, 1.165) is 0 Å². The van der Waals surface area contributed by atoms with E-state index in [4.69, 9.17) is 13.3 Å². The molecule has 0 aliphatic heterocycles. The van der Waals surface area contributed by atoms with Crippen LogP contribution in [0.15, 0.2) is 12.2 Å². The zero-order valence-corrected chi connectivity index (χ0v) is 16.3. The molecule has 0 atom stereocenters. The first-order valence-corrected chi connectivity index (χ1v) is 15.3. The molecule has 0 aliphatic rings. The van der Waals surface area contributed by atoms with E-state index in [-0.39, 0.29) is 5.57 Å². The number of carbonyl (C=O) groups is 1. The van der Waals surface area contributed by atoms with Crippen molar-refractivity contribution in [3.8, 4) is 0 Å². The first-order chi connectivity index (χ1) is 8.39. The van der Waals surface area contributed by atoms with Gasteiger partial charge in [0.1, 0.15) is 5.57 Å². The van der Waals surface area contributed by atoms with Gasteiger partial charge in [-0.25, -0.2) is 4.79 Å². The van der Waals surface area contributed by atoms with Crippen LogP contribution in [0.5, 0.6) is 0 Å². The second kappa shape index (κ2) is 6.95. The zero-order valence-electron chi connectivity index (χ0n) is 12.9. The molecule has 8 heteroatoms. The summed E-state index contributed by atoms with van der Waals surface area (Å²) in [7, 11) is -5.21. The SMILES string of the molecule is C=C(C(=O)O)C(O[SiH](C)C)(O[SiH](C)C)O[Si](C)(C)C. The van der Waals surface area contributed by atoms with Gasteiger partial charge in [0.2, 0.25) is 0 Å². The van der Waals surface area contributed by atoms with E-state index in [1.54, 1.807) is 0 Å². The smallest absolute Gasteiger partial charge is 0.339 e. The van der Waals surface area contributed by atoms with Gasteiger partial charge < -0.3 is 18.4 Å². The number of hydrogen-bond acceptors (Lipinski definition) is 4. The second-order valence-electron chi connectivity index (χ2n) is 5.89. The van der Waals surface area contributed by atoms with E-state index in [1.165, 1.54) is 0 Å². The van der Waals surface area contributed by atoms with Gasteiger partial charge in [0.25, 0.3) is 5.97 Å². The highest BCUT2D eigenvalue weighted by Gasteiger charge is 2.45. The maximum absolute atomic E-state index is 11.3. The molecule has 0 aromatic heterocycles. The highest BCUT2D eigenvalue weighted by Crippen LogP contribution is 2.30. The van der Waals surface area contributed by atoms with Crippen LogP contribution in [-0.4, -0.2) is 43.4 Å². The van der Waals surface area contributed by atoms with Crippen molar-refractivity contribution in [1.82, 2.24) is 0 Å². The van der Waals surface area contributed by atoms with Crippen molar-refractivity contribution in [2.75, 3.05) is 0 Å². The molecule has 0 unspecified atom stereocenters. The van der Waals surface area contributed by atoms with Crippen LogP contribution in [0.1, 0.15) is 0 Å². The predicted molar refractivity (Wildman–Crippen MR) is 83.9 cm³/mol. The van der Waals surface area contributed by atoms with Gasteiger partial charge in [-0.15, -0.1) is 0 Å². The Morgan fingerprint density at radius 1 is 1.11 bits per heavy atom. The van der Waals surface area contributed by atoms with Crippen molar-refractivity contribution < 1.29 is 23.2 Å². The fourth-order valence-corrected chi connectivity index (χ4v) is 4.50. The number of aliphatic carboxylic acids is 1. The van der Waals surface area contributed by atoms with E-state index in [9.17, 15) is 9.90 Å². The van der Waals surface area contributed by atoms with Gasteiger partial charge in [-0.05, 0) is 45.8 Å². The monoisotopic (exact) mass is 322 g/mol. The lowest BCUT2D eigenvalue weighted by molar-refractivity contribution is -0.236. The summed E-state index contributed by atoms with van der Waals surface area (Å²) < 4.78 is 17.6. The summed E-state index contributed by atoms with van der Waals surface area (Å²) in [6.45, 7) is 17.3. The molecule has 0 aromatic carbocycles. The van der Waals surface area contributed by atoms with Crippen molar-refractivity contribution >= 4 is 32.4 Å². The molecule has 0 rings (SSSR count). The molecule has 5 nitrogen and oxygen atoms in total. The lowest BCUT2D eigenvalue weighted by atomic mass is 10.3. The Balaban J connectivity index is 5.56. The topological polar surface area (TPSA) is 65.0 Å². The third-order valence-corrected chi connectivity index (χ3v) is 4.29. The van der Waals surface area contributed by atoms with Crippen LogP contribution in [-0.2, 0) is 18.1 Å². The molecule has 112 valence electrons. The Bertz CT molecular complexity index is 326. The van der Waals surface area contributed by atoms with Gasteiger partial charge >= 0.3 is 5.97 Å². The van der Waals surface area contributed by atoms with Crippen LogP contribution in [0.4, 0.5) is 0 Å². The van der Waals surface area contributed by atoms with Crippen LogP contribution in [0.3, 0.4) is 0 Å². The fraction of sp³-hybridized carbons (Fsp3) is 0.727. The minimum atomic E-state index is -2.06. The molecule has 0 amide bonds. The number of rotatable bonds is 8. The van der Waals surface area contributed by atoms with Gasteiger partial charge in [0, 0.05) is 0 Å². The summed E-state index contributed by atoms with van der Waals surface area (Å²) in [5, 5.41) is 9.25. The number of hydrogen-bond donors (Lipinski definition) is 1. The Hall–Kier alpha value is -0.259. The van der Waals surface area contributed by atoms with Crippen molar-refractivity contribution in [3.05, 3.63) is 12.2 Å². The molecule has 0 bridgehead atoms. The van der Waals surface area contributed by atoms with E-state index >= 15 is 0 Å². The molecule has 19 heavy (non-hydrogen) atoms. The summed E-state index contributed by atoms with van der Waals surface area (Å²) in [4.78, 5) is 11.3. The lowest BCUT2D eigenvalue weighted by Gasteiger charge is -2.41. The van der Waals surface area contributed by atoms with Crippen LogP contribution in [0.25, 0.3) is 0 Å². The lowest BCUT2D eigenvalue weighted by Crippen LogP contribution is -2.53. The van der Waals surface area contributed by atoms with Crippen molar-refractivity contribution in [1.29, 1.82) is 0 Å². The van der Waals surface area contributed by atoms with Crippen molar-refractivity contribution in [3.63, 3.8) is 0 Å². The zero-order chi connectivity index (χ0) is 15.4. The minimum absolute atomic E-state index is 0.169. The van der Waals surface area contributed by atoms with Gasteiger partial charge in [0.05, 0.1) is 0 Å². The van der Waals surface area contributed by atoms with Crippen molar-refractivity contribution in [2.45, 2.75) is 51.8 Å². The standard InChI is InChI=1S/C11H26O5Si3/c1-9(10(12)13)11(14-17(2)3,15-18(4)5)16-19(6,7)8/h17-18H,1H2,2-8H3,(H,12,13). The molecule has 0 saturated heterocycles. The summed E-state index contributed by atoms with van der Waals surface area (Å²) in [5.74, 6) is -2.75. The number of carboxylic acids is 1. The van der Waals surface area contributed by atoms with E-state index in [0.29, 0.717) is 0 Å². The molecule has 0 fully saturated rings. The maximum Gasteiger partial charge on any atom is 0.339 e. The largest absolute Gasteiger partial charge is 0.478 e. The van der Waals surface area contributed by atoms with Gasteiger partial charge in [-0.1, -0.05) is 6.58 Å². The minimum Gasteiger partial charge on any atom is -0.478 e. The van der Waals surface area contributed by atoms with Gasteiger partial charge in [0.15, 0.2) is 26.4 Å². The summed E-state index contributed by atoms with van der Waals surface area (Å²) in [6, 6.07) is 0. The molecule has 0 saturated carbocycles. The highest BCUT2D eigenvalue weighted by atomic mass is 28.4. The average Bonchev–Trinajstić information content (AvgIpc) is 2.10. The molecular formula is C11H26O5Si3. The maximum atomic E-state index is 11.3. The third kappa shape index (κ3) is 6.63. The Kier molecular flexibility index (Phi) is 6.86. The molecule has 0 heterocycles. The average molecular weight is 323 g/mol. The van der Waals surface area contributed by atoms with Crippen LogP contribution < -0.4 is 0 Å². The molecule has 0 radical (unpaired) electrons. The number of carboxylic acid groups (broad SMARTS) is 1. The Labute approximate surface area is 120 Å². The normalized spacial score (nSPS) is 13.1. The molecular weight excluding hydrogens is 296 g/mol. The first kappa shape index (κ1) is 18.7. The summed E-state index contributed by atoms with van der Waals surface area (Å²) in [6.07, 6.45) is 0. The van der Waals surface area contributed by atoms with Crippen molar-refractivity contribution in [2.24, 2.45) is 0 Å². The quantitative estimate of drug-likeness (QED) is 0.421. The third-order valence-electron chi connectivity index (χ3n) is 1.85. The van der Waals surface area contributed by atoms with Crippen LogP contribution in [0.2, 0.25) is 45.8 Å². The molecule has 0 spiro atoms. The van der Waals surface area contributed by atoms with Crippen LogP contribution >= 0.6 is 0 Å².